The quantitative estimate of drug-likeness (QED) is 0.174. The van der Waals surface area contributed by atoms with E-state index in [4.69, 9.17) is 0 Å². The molecule has 2 nitrogen and oxygen atoms in total. The lowest BCUT2D eigenvalue weighted by Gasteiger charge is -2.28. The molecule has 51 heavy (non-hydrogen) atoms. The predicted octanol–water partition coefficient (Wildman–Crippen LogP) is 13.6. The van der Waals surface area contributed by atoms with Crippen LogP contribution in [0.15, 0.2) is 182 Å². The van der Waals surface area contributed by atoms with Crippen molar-refractivity contribution < 1.29 is 0 Å². The van der Waals surface area contributed by atoms with E-state index in [9.17, 15) is 5.26 Å². The van der Waals surface area contributed by atoms with Crippen LogP contribution in [-0.4, -0.2) is 0 Å². The van der Waals surface area contributed by atoms with Crippen molar-refractivity contribution in [2.24, 2.45) is 0 Å². The Balaban J connectivity index is 1.16. The molecule has 0 amide bonds. The van der Waals surface area contributed by atoms with Crippen LogP contribution in [0.1, 0.15) is 5.56 Å². The Morgan fingerprint density at radius 3 is 1.59 bits per heavy atom. The fourth-order valence-corrected chi connectivity index (χ4v) is 8.02. The summed E-state index contributed by atoms with van der Waals surface area (Å²) in [4.78, 5) is 2.33. The van der Waals surface area contributed by atoms with Crippen LogP contribution < -0.4 is 4.90 Å². The normalized spacial score (nSPS) is 11.5. The number of nitriles is 1. The van der Waals surface area contributed by atoms with Crippen molar-refractivity contribution in [2.75, 3.05) is 4.90 Å². The van der Waals surface area contributed by atoms with Crippen LogP contribution in [0.25, 0.3) is 76.1 Å². The number of anilines is 3. The van der Waals surface area contributed by atoms with Crippen molar-refractivity contribution in [3.63, 3.8) is 0 Å². The second-order valence-electron chi connectivity index (χ2n) is 13.3. The van der Waals surface area contributed by atoms with Gasteiger partial charge in [0.1, 0.15) is 0 Å². The van der Waals surface area contributed by atoms with E-state index in [1.807, 2.05) is 24.3 Å². The van der Waals surface area contributed by atoms with Gasteiger partial charge in [0.15, 0.2) is 0 Å². The molecule has 0 saturated carbocycles. The summed E-state index contributed by atoms with van der Waals surface area (Å²) in [5, 5.41) is 21.9. The molecule has 2 heteroatoms. The fraction of sp³-hybridized carbons (Fsp3) is 0. The summed E-state index contributed by atoms with van der Waals surface area (Å²) in [7, 11) is 0. The molecule has 10 aromatic rings. The maximum Gasteiger partial charge on any atom is 0.0991 e. The van der Waals surface area contributed by atoms with E-state index in [1.54, 1.807) is 0 Å². The van der Waals surface area contributed by atoms with Crippen molar-refractivity contribution >= 4 is 70.9 Å². The molecular weight excluding hydrogens is 617 g/mol. The number of fused-ring (bicyclic) bond motifs is 2. The molecule has 0 heterocycles. The summed E-state index contributed by atoms with van der Waals surface area (Å²) in [6, 6.07) is 67.5. The lowest BCUT2D eigenvalue weighted by atomic mass is 9.88. The van der Waals surface area contributed by atoms with Gasteiger partial charge >= 0.3 is 0 Å². The van der Waals surface area contributed by atoms with Gasteiger partial charge in [-0.1, -0.05) is 121 Å². The average molecular weight is 647 g/mol. The highest BCUT2D eigenvalue weighted by Gasteiger charge is 2.20. The van der Waals surface area contributed by atoms with E-state index in [2.05, 4.69) is 169 Å². The first kappa shape index (κ1) is 29.0. The molecule has 10 rings (SSSR count). The summed E-state index contributed by atoms with van der Waals surface area (Å²) in [6.45, 7) is 0. The molecule has 0 spiro atoms. The monoisotopic (exact) mass is 646 g/mol. The van der Waals surface area contributed by atoms with Gasteiger partial charge in [-0.25, -0.2) is 0 Å². The van der Waals surface area contributed by atoms with E-state index >= 15 is 0 Å². The lowest BCUT2D eigenvalue weighted by molar-refractivity contribution is 1.31. The van der Waals surface area contributed by atoms with Crippen molar-refractivity contribution in [3.05, 3.63) is 188 Å². The van der Waals surface area contributed by atoms with Crippen LogP contribution in [0.3, 0.4) is 0 Å². The first-order valence-corrected chi connectivity index (χ1v) is 17.3. The summed E-state index contributed by atoms with van der Waals surface area (Å²) >= 11 is 0. The second kappa shape index (κ2) is 11.6. The van der Waals surface area contributed by atoms with E-state index < -0.39 is 0 Å². The minimum absolute atomic E-state index is 0.641. The largest absolute Gasteiger partial charge is 0.309 e. The first-order chi connectivity index (χ1) is 25.2. The summed E-state index contributed by atoms with van der Waals surface area (Å²) < 4.78 is 0. The number of benzene rings is 10. The zero-order chi connectivity index (χ0) is 33.9. The third-order valence-corrected chi connectivity index (χ3v) is 10.4. The first-order valence-electron chi connectivity index (χ1n) is 17.3. The van der Waals surface area contributed by atoms with Gasteiger partial charge in [0.2, 0.25) is 0 Å². The van der Waals surface area contributed by atoms with Crippen LogP contribution >= 0.6 is 0 Å². The van der Waals surface area contributed by atoms with Gasteiger partial charge in [-0.3, -0.25) is 0 Å². The molecule has 0 radical (unpaired) electrons. The Kier molecular flexibility index (Phi) is 6.59. The lowest BCUT2D eigenvalue weighted by Crippen LogP contribution is -2.11. The van der Waals surface area contributed by atoms with Crippen molar-refractivity contribution in [1.29, 1.82) is 5.26 Å². The van der Waals surface area contributed by atoms with Gasteiger partial charge in [-0.05, 0) is 126 Å². The maximum atomic E-state index is 9.57. The Hall–Kier alpha value is -6.95. The van der Waals surface area contributed by atoms with Crippen LogP contribution in [0, 0.1) is 11.3 Å². The topological polar surface area (TPSA) is 27.0 Å². The summed E-state index contributed by atoms with van der Waals surface area (Å²) in [6.07, 6.45) is 0. The van der Waals surface area contributed by atoms with Crippen LogP contribution in [0.2, 0.25) is 0 Å². The Bertz CT molecular complexity index is 2900. The molecule has 0 aliphatic heterocycles. The molecule has 0 atom stereocenters. The predicted molar refractivity (Wildman–Crippen MR) is 215 cm³/mol. The van der Waals surface area contributed by atoms with Gasteiger partial charge in [0, 0.05) is 16.5 Å². The minimum atomic E-state index is 0.641. The molecule has 0 saturated heterocycles. The number of rotatable bonds is 5. The van der Waals surface area contributed by atoms with E-state index in [0.717, 1.165) is 22.4 Å². The Labute approximate surface area is 296 Å². The maximum absolute atomic E-state index is 9.57. The third-order valence-electron chi connectivity index (χ3n) is 10.4. The highest BCUT2D eigenvalue weighted by atomic mass is 15.1. The Morgan fingerprint density at radius 2 is 0.922 bits per heavy atom. The van der Waals surface area contributed by atoms with Crippen molar-refractivity contribution in [2.45, 2.75) is 0 Å². The molecule has 0 aliphatic carbocycles. The zero-order valence-electron chi connectivity index (χ0n) is 27.7. The molecule has 0 fully saturated rings. The van der Waals surface area contributed by atoms with Crippen molar-refractivity contribution in [1.82, 2.24) is 0 Å². The van der Waals surface area contributed by atoms with E-state index in [1.165, 1.54) is 70.7 Å². The van der Waals surface area contributed by atoms with Gasteiger partial charge in [0.05, 0.1) is 23.0 Å². The number of nitrogens with zero attached hydrogens (tertiary/aromatic N) is 2. The third kappa shape index (κ3) is 4.71. The molecular formula is C49H30N2. The molecule has 0 N–H and O–H groups in total. The van der Waals surface area contributed by atoms with E-state index in [-0.39, 0.29) is 0 Å². The molecule has 0 unspecified atom stereocenters. The molecule has 10 aromatic carbocycles. The average Bonchev–Trinajstić information content (AvgIpc) is 3.20. The minimum Gasteiger partial charge on any atom is -0.309 e. The molecule has 0 aliphatic rings. The standard InChI is InChI=1S/C49H30N2/c50-31-32-17-23-41(24-18-32)51(46-16-8-12-34-11-4-5-13-43(34)46)47-26-25-42(44-14-6-7-15-45(44)47)40-29-37-21-19-35-27-39(33-9-2-1-3-10-33)28-36-20-22-38(30-40)49(37)48(35)36/h1-30H. The molecule has 0 bridgehead atoms. The number of hydrogen-bond donors (Lipinski definition) is 0. The second-order valence-corrected chi connectivity index (χ2v) is 13.3. The van der Waals surface area contributed by atoms with Gasteiger partial charge in [0.25, 0.3) is 0 Å². The Morgan fingerprint density at radius 1 is 0.373 bits per heavy atom. The smallest absolute Gasteiger partial charge is 0.0991 e. The number of hydrogen-bond acceptors (Lipinski definition) is 2. The highest BCUT2D eigenvalue weighted by molar-refractivity contribution is 6.25. The molecule has 236 valence electrons. The zero-order valence-corrected chi connectivity index (χ0v) is 27.7. The van der Waals surface area contributed by atoms with E-state index in [0.29, 0.717) is 5.56 Å². The van der Waals surface area contributed by atoms with Gasteiger partial charge < -0.3 is 4.90 Å². The van der Waals surface area contributed by atoms with Crippen LogP contribution in [0.4, 0.5) is 17.1 Å². The summed E-state index contributed by atoms with van der Waals surface area (Å²) in [5.74, 6) is 0. The highest BCUT2D eigenvalue weighted by Crippen LogP contribution is 2.45. The van der Waals surface area contributed by atoms with Gasteiger partial charge in [-0.2, -0.15) is 5.26 Å². The summed E-state index contributed by atoms with van der Waals surface area (Å²) in [5.41, 5.74) is 8.69. The van der Waals surface area contributed by atoms with Gasteiger partial charge in [-0.15, -0.1) is 0 Å². The van der Waals surface area contributed by atoms with Crippen molar-refractivity contribution in [3.8, 4) is 28.3 Å². The van der Waals surface area contributed by atoms with Crippen LogP contribution in [0.5, 0.6) is 0 Å². The molecule has 0 aromatic heterocycles. The SMILES string of the molecule is N#Cc1ccc(N(c2cccc3ccccc23)c2ccc(-c3cc4ccc5cc(-c6ccccc6)cc6ccc(c3)c4c56)c3ccccc23)cc1. The fourth-order valence-electron chi connectivity index (χ4n) is 8.02. The van der Waals surface area contributed by atoms with Crippen LogP contribution in [-0.2, 0) is 0 Å².